The molecule has 0 bridgehead atoms. The number of carbonyl (C=O) groups excluding carboxylic acids is 1. The first-order valence-electron chi connectivity index (χ1n) is 8.51. The van der Waals surface area contributed by atoms with E-state index in [1.54, 1.807) is 24.1 Å². The molecule has 9 heteroatoms. The first-order chi connectivity index (χ1) is 13.6. The van der Waals surface area contributed by atoms with E-state index in [0.717, 1.165) is 10.3 Å². The number of aromatic nitrogens is 3. The minimum absolute atomic E-state index is 0.0706. The summed E-state index contributed by atoms with van der Waals surface area (Å²) in [6.07, 6.45) is 0. The van der Waals surface area contributed by atoms with Gasteiger partial charge in [0, 0.05) is 12.6 Å². The van der Waals surface area contributed by atoms with E-state index in [4.69, 9.17) is 4.52 Å². The fourth-order valence-electron chi connectivity index (χ4n) is 2.61. The zero-order valence-corrected chi connectivity index (χ0v) is 15.7. The van der Waals surface area contributed by atoms with Crippen LogP contribution >= 0.6 is 11.3 Å². The number of rotatable bonds is 6. The molecule has 0 spiro atoms. The molecule has 0 aliphatic rings. The summed E-state index contributed by atoms with van der Waals surface area (Å²) in [6, 6.07) is 14.2. The van der Waals surface area contributed by atoms with Crippen molar-refractivity contribution in [3.8, 4) is 11.4 Å². The van der Waals surface area contributed by atoms with Gasteiger partial charge in [-0.25, -0.2) is 9.37 Å². The van der Waals surface area contributed by atoms with Crippen molar-refractivity contribution >= 4 is 32.6 Å². The van der Waals surface area contributed by atoms with Crippen molar-refractivity contribution in [1.29, 1.82) is 0 Å². The Balaban J connectivity index is 1.35. The maximum Gasteiger partial charge on any atom is 0.246 e. The van der Waals surface area contributed by atoms with Gasteiger partial charge in [-0.2, -0.15) is 4.98 Å². The number of halogens is 1. The number of carbonyl (C=O) groups is 1. The molecule has 2 heterocycles. The van der Waals surface area contributed by atoms with Gasteiger partial charge in [0.05, 0.1) is 17.8 Å². The highest BCUT2D eigenvalue weighted by atomic mass is 32.1. The van der Waals surface area contributed by atoms with Crippen LogP contribution in [0.4, 0.5) is 9.52 Å². The molecule has 0 aliphatic carbocycles. The summed E-state index contributed by atoms with van der Waals surface area (Å²) in [5.41, 5.74) is 1.15. The molecule has 142 valence electrons. The molecule has 0 atom stereocenters. The second-order valence-corrected chi connectivity index (χ2v) is 7.10. The van der Waals surface area contributed by atoms with Gasteiger partial charge in [-0.3, -0.25) is 4.79 Å². The Morgan fingerprint density at radius 2 is 2.00 bits per heavy atom. The number of benzene rings is 2. The number of fused-ring (bicyclic) bond motifs is 1. The van der Waals surface area contributed by atoms with Crippen molar-refractivity contribution < 1.29 is 13.7 Å². The van der Waals surface area contributed by atoms with Crippen molar-refractivity contribution in [1.82, 2.24) is 20.4 Å². The highest BCUT2D eigenvalue weighted by Crippen LogP contribution is 2.29. The van der Waals surface area contributed by atoms with Crippen LogP contribution in [0.3, 0.4) is 0 Å². The molecule has 1 N–H and O–H groups in total. The lowest BCUT2D eigenvalue weighted by Crippen LogP contribution is -2.34. The summed E-state index contributed by atoms with van der Waals surface area (Å²) < 4.78 is 19.7. The normalized spacial score (nSPS) is 10.9. The molecule has 0 radical (unpaired) electrons. The quantitative estimate of drug-likeness (QED) is 0.538. The first-order valence-corrected chi connectivity index (χ1v) is 9.32. The van der Waals surface area contributed by atoms with E-state index in [1.165, 1.54) is 17.4 Å². The van der Waals surface area contributed by atoms with Gasteiger partial charge in [0.2, 0.25) is 17.6 Å². The van der Waals surface area contributed by atoms with Gasteiger partial charge < -0.3 is 14.7 Å². The average Bonchev–Trinajstić information content (AvgIpc) is 3.35. The van der Waals surface area contributed by atoms with Crippen LogP contribution < -0.4 is 10.2 Å². The second kappa shape index (κ2) is 7.73. The van der Waals surface area contributed by atoms with Crippen LogP contribution in [0.25, 0.3) is 21.6 Å². The molecule has 0 aliphatic heterocycles. The average molecular weight is 397 g/mol. The maximum absolute atomic E-state index is 13.8. The van der Waals surface area contributed by atoms with Crippen molar-refractivity contribution in [3.05, 3.63) is 60.2 Å². The predicted molar refractivity (Wildman–Crippen MR) is 104 cm³/mol. The van der Waals surface area contributed by atoms with E-state index in [2.05, 4.69) is 20.4 Å². The molecule has 0 unspecified atom stereocenters. The number of nitrogens with one attached hydrogen (secondary N) is 1. The lowest BCUT2D eigenvalue weighted by molar-refractivity contribution is -0.120. The molecular weight excluding hydrogens is 381 g/mol. The number of para-hydroxylation sites is 1. The lowest BCUT2D eigenvalue weighted by Gasteiger charge is -2.14. The zero-order chi connectivity index (χ0) is 19.5. The third-order valence-corrected chi connectivity index (χ3v) is 5.14. The molecule has 4 aromatic rings. The first kappa shape index (κ1) is 18.1. The van der Waals surface area contributed by atoms with Gasteiger partial charge in [-0.15, -0.1) is 0 Å². The van der Waals surface area contributed by atoms with Crippen molar-refractivity contribution in [2.75, 3.05) is 18.5 Å². The Bertz CT molecular complexity index is 1110. The molecule has 0 saturated heterocycles. The number of amides is 1. The van der Waals surface area contributed by atoms with E-state index in [-0.39, 0.29) is 24.8 Å². The maximum atomic E-state index is 13.8. The molecule has 0 fully saturated rings. The number of hydrogen-bond donors (Lipinski definition) is 1. The predicted octanol–water partition coefficient (Wildman–Crippen LogP) is 3.24. The van der Waals surface area contributed by atoms with Crippen molar-refractivity contribution in [2.45, 2.75) is 6.54 Å². The van der Waals surface area contributed by atoms with Crippen molar-refractivity contribution in [2.24, 2.45) is 0 Å². The van der Waals surface area contributed by atoms with Gasteiger partial charge in [-0.05, 0) is 12.1 Å². The Morgan fingerprint density at radius 3 is 2.79 bits per heavy atom. The Kier molecular flexibility index (Phi) is 4.98. The fraction of sp³-hybridized carbons (Fsp3) is 0.158. The molecule has 7 nitrogen and oxygen atoms in total. The van der Waals surface area contributed by atoms with Crippen LogP contribution in [-0.2, 0) is 11.3 Å². The number of thiazole rings is 1. The van der Waals surface area contributed by atoms with Crippen LogP contribution in [0.5, 0.6) is 0 Å². The van der Waals surface area contributed by atoms with E-state index < -0.39 is 0 Å². The number of nitrogens with zero attached hydrogens (tertiary/aromatic N) is 4. The SMILES string of the molecule is CN(CC(=O)NCc1nc(-c2ccccc2)no1)c1nc2c(F)cccc2s1. The molecule has 0 saturated carbocycles. The number of likely N-dealkylation sites (N-methyl/N-ethyl adjacent to an activating group) is 1. The molecule has 2 aromatic heterocycles. The summed E-state index contributed by atoms with van der Waals surface area (Å²) >= 11 is 1.33. The summed E-state index contributed by atoms with van der Waals surface area (Å²) in [5.74, 6) is 0.181. The number of hydrogen-bond acceptors (Lipinski definition) is 7. The monoisotopic (exact) mass is 397 g/mol. The minimum Gasteiger partial charge on any atom is -0.345 e. The van der Waals surface area contributed by atoms with E-state index in [9.17, 15) is 9.18 Å². The van der Waals surface area contributed by atoms with Crippen molar-refractivity contribution in [3.63, 3.8) is 0 Å². The zero-order valence-electron chi connectivity index (χ0n) is 14.9. The summed E-state index contributed by atoms with van der Waals surface area (Å²) in [7, 11) is 1.73. The van der Waals surface area contributed by atoms with E-state index >= 15 is 0 Å². The summed E-state index contributed by atoms with van der Waals surface area (Å²) in [6.45, 7) is 0.197. The smallest absolute Gasteiger partial charge is 0.246 e. The minimum atomic E-state index is -0.372. The molecule has 2 aromatic carbocycles. The Morgan fingerprint density at radius 1 is 1.18 bits per heavy atom. The molecule has 1 amide bonds. The van der Waals surface area contributed by atoms with Gasteiger partial charge in [0.15, 0.2) is 5.13 Å². The number of anilines is 1. The lowest BCUT2D eigenvalue weighted by atomic mass is 10.2. The van der Waals surface area contributed by atoms with E-state index in [0.29, 0.717) is 22.4 Å². The van der Waals surface area contributed by atoms with Crippen LogP contribution in [0.15, 0.2) is 53.1 Å². The molecular formula is C19H16FN5O2S. The van der Waals surface area contributed by atoms with Crippen LogP contribution in [0, 0.1) is 5.82 Å². The third kappa shape index (κ3) is 3.84. The van der Waals surface area contributed by atoms with Gasteiger partial charge in [-0.1, -0.05) is 52.9 Å². The third-order valence-electron chi connectivity index (χ3n) is 4.00. The summed E-state index contributed by atoms with van der Waals surface area (Å²) in [4.78, 5) is 22.4. The van der Waals surface area contributed by atoms with Crippen LogP contribution in [0.1, 0.15) is 5.89 Å². The highest BCUT2D eigenvalue weighted by molar-refractivity contribution is 7.22. The molecule has 4 rings (SSSR count). The van der Waals surface area contributed by atoms with Gasteiger partial charge in [0.1, 0.15) is 11.3 Å². The largest absolute Gasteiger partial charge is 0.345 e. The fourth-order valence-corrected chi connectivity index (χ4v) is 3.55. The Hall–Kier alpha value is -3.33. The van der Waals surface area contributed by atoms with Gasteiger partial charge >= 0.3 is 0 Å². The second-order valence-electron chi connectivity index (χ2n) is 6.09. The summed E-state index contributed by atoms with van der Waals surface area (Å²) in [5, 5.41) is 7.22. The standard InChI is InChI=1S/C19H16FN5O2S/c1-25(19-23-17-13(20)8-5-9-14(17)28-19)11-15(26)21-10-16-22-18(24-27-16)12-6-3-2-4-7-12/h2-9H,10-11H2,1H3,(H,21,26). The van der Waals surface area contributed by atoms with Crippen LogP contribution in [-0.4, -0.2) is 34.6 Å². The Labute approximate surface area is 163 Å². The molecule has 28 heavy (non-hydrogen) atoms. The van der Waals surface area contributed by atoms with E-state index in [1.807, 2.05) is 30.3 Å². The highest BCUT2D eigenvalue weighted by Gasteiger charge is 2.15. The van der Waals surface area contributed by atoms with Gasteiger partial charge in [0.25, 0.3) is 0 Å². The van der Waals surface area contributed by atoms with Crippen LogP contribution in [0.2, 0.25) is 0 Å². The topological polar surface area (TPSA) is 84.2 Å².